The molecule has 1 aliphatic rings. The quantitative estimate of drug-likeness (QED) is 0.885. The Morgan fingerprint density at radius 1 is 1.36 bits per heavy atom. The number of nitrogens with one attached hydrogen (secondary N) is 1. The molecule has 25 heavy (non-hydrogen) atoms. The molecule has 1 aromatic heterocycles. The third kappa shape index (κ3) is 4.02. The first-order valence-electron chi connectivity index (χ1n) is 7.85. The van der Waals surface area contributed by atoms with Crippen molar-refractivity contribution in [1.82, 2.24) is 9.71 Å². The number of rotatable bonds is 4. The van der Waals surface area contributed by atoms with Gasteiger partial charge >= 0.3 is 0 Å². The molecule has 2 heterocycles. The summed E-state index contributed by atoms with van der Waals surface area (Å²) in [7, 11) is -3.69. The Kier molecular flexibility index (Phi) is 5.12. The fourth-order valence-corrected chi connectivity index (χ4v) is 4.75. The molecule has 0 saturated heterocycles. The van der Waals surface area contributed by atoms with Gasteiger partial charge in [0.15, 0.2) is 0 Å². The summed E-state index contributed by atoms with van der Waals surface area (Å²) in [5.41, 5.74) is 1.29. The summed E-state index contributed by atoms with van der Waals surface area (Å²) in [4.78, 5) is 18.7. The number of nitrogens with zero attached hydrogens (tertiary/aromatic N) is 2. The van der Waals surface area contributed by atoms with E-state index in [1.807, 2.05) is 6.92 Å². The summed E-state index contributed by atoms with van der Waals surface area (Å²) in [6.45, 7) is 4.22. The average Bonchev–Trinajstić information content (AvgIpc) is 2.59. The Balaban J connectivity index is 1.87. The lowest BCUT2D eigenvalue weighted by atomic mass is 10.2. The molecule has 1 aromatic carbocycles. The molecule has 1 atom stereocenters. The van der Waals surface area contributed by atoms with E-state index in [9.17, 15) is 13.2 Å². The van der Waals surface area contributed by atoms with Gasteiger partial charge in [-0.3, -0.25) is 9.78 Å². The zero-order valence-corrected chi connectivity index (χ0v) is 15.6. The van der Waals surface area contributed by atoms with Crippen molar-refractivity contribution in [3.8, 4) is 0 Å². The number of hydrogen-bond acceptors (Lipinski definition) is 5. The minimum absolute atomic E-state index is 0.0932. The largest absolute Gasteiger partial charge is 0.310 e. The van der Waals surface area contributed by atoms with Crippen LogP contribution < -0.4 is 9.62 Å². The van der Waals surface area contributed by atoms with Gasteiger partial charge in [0.2, 0.25) is 15.9 Å². The lowest BCUT2D eigenvalue weighted by molar-refractivity contribution is -0.116. The molecule has 1 aliphatic heterocycles. The zero-order valence-electron chi connectivity index (χ0n) is 14.0. The highest BCUT2D eigenvalue weighted by molar-refractivity contribution is 8.00. The highest BCUT2D eigenvalue weighted by atomic mass is 32.2. The maximum Gasteiger partial charge on any atom is 0.240 e. The van der Waals surface area contributed by atoms with E-state index in [1.54, 1.807) is 59.3 Å². The number of hydrogen-bond donors (Lipinski definition) is 1. The van der Waals surface area contributed by atoms with E-state index in [2.05, 4.69) is 9.71 Å². The number of benzene rings is 1. The van der Waals surface area contributed by atoms with Gasteiger partial charge in [0.05, 0.1) is 22.8 Å². The number of fused-ring (bicyclic) bond motifs is 1. The lowest BCUT2D eigenvalue weighted by Crippen LogP contribution is -2.37. The fourth-order valence-electron chi connectivity index (χ4n) is 2.64. The third-order valence-electron chi connectivity index (χ3n) is 3.85. The first-order chi connectivity index (χ1) is 11.9. The topological polar surface area (TPSA) is 79.4 Å². The fraction of sp³-hybridized carbons (Fsp3) is 0.294. The van der Waals surface area contributed by atoms with Crippen LogP contribution in [0.25, 0.3) is 0 Å². The van der Waals surface area contributed by atoms with Crippen molar-refractivity contribution in [1.29, 1.82) is 0 Å². The standard InChI is InChI=1S/C17H19N3O3S2/c1-12-11-20(13(2)21)16-9-15(6-7-17(16)24-12)25(22,23)19-10-14-5-3-4-8-18-14/h3-9,12,19H,10-11H2,1-2H3. The molecule has 2 aromatic rings. The molecule has 1 amide bonds. The molecule has 0 aliphatic carbocycles. The van der Waals surface area contributed by atoms with Crippen molar-refractivity contribution in [2.24, 2.45) is 0 Å². The van der Waals surface area contributed by atoms with E-state index in [4.69, 9.17) is 0 Å². The van der Waals surface area contributed by atoms with Gasteiger partial charge in [-0.25, -0.2) is 13.1 Å². The molecule has 0 saturated carbocycles. The van der Waals surface area contributed by atoms with Crippen LogP contribution in [0.5, 0.6) is 0 Å². The second-order valence-corrected chi connectivity index (χ2v) is 9.08. The van der Waals surface area contributed by atoms with Crippen molar-refractivity contribution in [2.45, 2.75) is 35.4 Å². The molecule has 0 fully saturated rings. The molecular weight excluding hydrogens is 358 g/mol. The highest BCUT2D eigenvalue weighted by Crippen LogP contribution is 2.39. The number of carbonyl (C=O) groups is 1. The zero-order chi connectivity index (χ0) is 18.0. The summed E-state index contributed by atoms with van der Waals surface area (Å²) >= 11 is 1.64. The van der Waals surface area contributed by atoms with Gasteiger partial charge in [0, 0.05) is 29.8 Å². The lowest BCUT2D eigenvalue weighted by Gasteiger charge is -2.32. The summed E-state index contributed by atoms with van der Waals surface area (Å²) < 4.78 is 27.7. The van der Waals surface area contributed by atoms with Gasteiger partial charge in [-0.05, 0) is 30.3 Å². The molecule has 3 rings (SSSR count). The maximum atomic E-state index is 12.6. The summed E-state index contributed by atoms with van der Waals surface area (Å²) in [5, 5.41) is 0.265. The van der Waals surface area contributed by atoms with Crippen LogP contribution in [0.2, 0.25) is 0 Å². The Labute approximate surface area is 151 Å². The van der Waals surface area contributed by atoms with E-state index >= 15 is 0 Å². The first-order valence-corrected chi connectivity index (χ1v) is 10.2. The summed E-state index contributed by atoms with van der Waals surface area (Å²) in [6, 6.07) is 10.2. The molecule has 0 bridgehead atoms. The Bertz CT molecular complexity index is 885. The highest BCUT2D eigenvalue weighted by Gasteiger charge is 2.27. The maximum absolute atomic E-state index is 12.6. The molecule has 0 spiro atoms. The number of aromatic nitrogens is 1. The summed E-state index contributed by atoms with van der Waals surface area (Å²) in [5.74, 6) is -0.0932. The Hall–Kier alpha value is -1.90. The molecule has 8 heteroatoms. The normalized spacial score (nSPS) is 17.2. The van der Waals surface area contributed by atoms with Crippen LogP contribution in [0.1, 0.15) is 19.5 Å². The van der Waals surface area contributed by atoms with Gasteiger partial charge in [-0.1, -0.05) is 13.0 Å². The van der Waals surface area contributed by atoms with E-state index < -0.39 is 10.0 Å². The monoisotopic (exact) mass is 377 g/mol. The van der Waals surface area contributed by atoms with Gasteiger partial charge in [0.25, 0.3) is 0 Å². The van der Waals surface area contributed by atoms with E-state index in [-0.39, 0.29) is 22.6 Å². The van der Waals surface area contributed by atoms with Crippen molar-refractivity contribution in [2.75, 3.05) is 11.4 Å². The number of sulfonamides is 1. The van der Waals surface area contributed by atoms with Crippen molar-refractivity contribution in [3.05, 3.63) is 48.3 Å². The number of anilines is 1. The van der Waals surface area contributed by atoms with Gasteiger partial charge in [0.1, 0.15) is 0 Å². The van der Waals surface area contributed by atoms with Gasteiger partial charge in [-0.2, -0.15) is 0 Å². The van der Waals surface area contributed by atoms with E-state index in [1.165, 1.54) is 6.92 Å². The number of thioether (sulfide) groups is 1. The number of carbonyl (C=O) groups excluding carboxylic acids is 1. The predicted octanol–water partition coefficient (Wildman–Crippen LogP) is 2.41. The van der Waals surface area contributed by atoms with Crippen LogP contribution in [0.15, 0.2) is 52.4 Å². The Morgan fingerprint density at radius 3 is 2.84 bits per heavy atom. The van der Waals surface area contributed by atoms with E-state index in [0.29, 0.717) is 17.9 Å². The number of pyridine rings is 1. The minimum Gasteiger partial charge on any atom is -0.310 e. The van der Waals surface area contributed by atoms with E-state index in [0.717, 1.165) is 4.90 Å². The van der Waals surface area contributed by atoms with Gasteiger partial charge in [-0.15, -0.1) is 11.8 Å². The Morgan fingerprint density at radius 2 is 2.16 bits per heavy atom. The minimum atomic E-state index is -3.69. The SMILES string of the molecule is CC(=O)N1CC(C)Sc2ccc(S(=O)(=O)NCc3ccccn3)cc21. The van der Waals surface area contributed by atoms with Crippen LogP contribution in [0.3, 0.4) is 0 Å². The molecular formula is C17H19N3O3S2. The molecule has 132 valence electrons. The third-order valence-corrected chi connectivity index (χ3v) is 6.40. The van der Waals surface area contributed by atoms with Crippen molar-refractivity contribution >= 4 is 33.4 Å². The van der Waals surface area contributed by atoms with Gasteiger partial charge < -0.3 is 4.90 Å². The molecule has 0 radical (unpaired) electrons. The van der Waals surface area contributed by atoms with Crippen LogP contribution in [0, 0.1) is 0 Å². The van der Waals surface area contributed by atoms with Crippen LogP contribution in [-0.2, 0) is 21.4 Å². The second kappa shape index (κ2) is 7.15. The van der Waals surface area contributed by atoms with Crippen molar-refractivity contribution < 1.29 is 13.2 Å². The number of amides is 1. The predicted molar refractivity (Wildman–Crippen MR) is 98.1 cm³/mol. The summed E-state index contributed by atoms with van der Waals surface area (Å²) in [6.07, 6.45) is 1.62. The molecule has 6 nitrogen and oxygen atoms in total. The molecule has 1 unspecified atom stereocenters. The van der Waals surface area contributed by atoms with Crippen LogP contribution >= 0.6 is 11.8 Å². The molecule has 1 N–H and O–H groups in total. The van der Waals surface area contributed by atoms with Crippen molar-refractivity contribution in [3.63, 3.8) is 0 Å². The van der Waals surface area contributed by atoms with Crippen LogP contribution in [-0.4, -0.2) is 31.1 Å². The van der Waals surface area contributed by atoms with Crippen LogP contribution in [0.4, 0.5) is 5.69 Å². The smallest absolute Gasteiger partial charge is 0.240 e. The first kappa shape index (κ1) is 17.9. The second-order valence-electron chi connectivity index (χ2n) is 5.83. The average molecular weight is 377 g/mol.